The van der Waals surface area contributed by atoms with Crippen LogP contribution in [0, 0.1) is 0 Å². The van der Waals surface area contributed by atoms with E-state index in [-0.39, 0.29) is 14.9 Å². The van der Waals surface area contributed by atoms with Crippen LogP contribution in [-0.4, -0.2) is 38.8 Å². The second-order valence-electron chi connectivity index (χ2n) is 6.66. The topological polar surface area (TPSA) is 47.9 Å². The Morgan fingerprint density at radius 3 is 1.16 bits per heavy atom. The molecule has 0 saturated heterocycles. The first-order valence-corrected chi connectivity index (χ1v) is 17.8. The van der Waals surface area contributed by atoms with E-state index in [0.29, 0.717) is 0 Å². The van der Waals surface area contributed by atoms with Gasteiger partial charge in [-0.2, -0.15) is 0 Å². The summed E-state index contributed by atoms with van der Waals surface area (Å²) >= 11 is 0. The molecule has 0 atom stereocenters. The highest BCUT2D eigenvalue weighted by Crippen LogP contribution is 2.22. The van der Waals surface area contributed by atoms with E-state index in [4.69, 9.17) is 12.3 Å². The molecule has 120 valence electrons. The van der Waals surface area contributed by atoms with Gasteiger partial charge in [0.1, 0.15) is 0 Å². The van der Waals surface area contributed by atoms with Crippen LogP contribution >= 0.6 is 0 Å². The lowest BCUT2D eigenvalue weighted by molar-refractivity contribution is 0.297. The molecule has 0 aliphatic carbocycles. The Bertz CT molecular complexity index is 230. The van der Waals surface area contributed by atoms with Crippen LogP contribution in [-0.2, 0) is 12.3 Å². The Morgan fingerprint density at radius 2 is 0.895 bits per heavy atom. The summed E-state index contributed by atoms with van der Waals surface area (Å²) < 4.78 is 18.0. The molecular weight excluding hydrogens is 308 g/mol. The summed E-state index contributed by atoms with van der Waals surface area (Å²) in [5.74, 6) is 0. The van der Waals surface area contributed by atoms with E-state index in [1.165, 1.54) is 0 Å². The van der Waals surface area contributed by atoms with E-state index in [1.54, 1.807) is 13.1 Å². The number of rotatable bonds is 6. The summed E-state index contributed by atoms with van der Waals surface area (Å²) in [4.78, 5) is 9.84. The molecule has 0 aliphatic rings. The van der Waals surface area contributed by atoms with Crippen molar-refractivity contribution in [1.82, 2.24) is 0 Å². The minimum atomic E-state index is -2.54. The number of hydrogen-bond donors (Lipinski definition) is 1. The Balaban J connectivity index is -0.00000128. The van der Waals surface area contributed by atoms with Gasteiger partial charge in [-0.1, -0.05) is 14.9 Å². The van der Waals surface area contributed by atoms with Crippen LogP contribution in [0.25, 0.3) is 0 Å². The van der Waals surface area contributed by atoms with Gasteiger partial charge in [-0.25, -0.2) is 0 Å². The van der Waals surface area contributed by atoms with Gasteiger partial charge in [0, 0.05) is 0 Å². The van der Waals surface area contributed by atoms with Gasteiger partial charge < -0.3 is 17.1 Å². The molecule has 0 radical (unpaired) electrons. The minimum absolute atomic E-state index is 0. The molecule has 1 N–H and O–H groups in total. The van der Waals surface area contributed by atoms with Crippen molar-refractivity contribution >= 4 is 34.0 Å². The molecule has 0 aromatic carbocycles. The maximum Gasteiger partial charge on any atom is 0.320 e. The first-order chi connectivity index (χ1) is 7.12. The summed E-state index contributed by atoms with van der Waals surface area (Å²) in [7, 11) is -8.60. The van der Waals surface area contributed by atoms with Gasteiger partial charge in [0.05, 0.1) is 0 Å². The predicted octanol–water partition coefficient (Wildman–Crippen LogP) is 4.24. The second-order valence-corrected chi connectivity index (χ2v) is 21.8. The molecule has 0 amide bonds. The van der Waals surface area contributed by atoms with Crippen LogP contribution < -0.4 is 0 Å². The minimum Gasteiger partial charge on any atom is -0.437 e. The van der Waals surface area contributed by atoms with Crippen molar-refractivity contribution in [2.45, 2.75) is 73.8 Å². The summed E-state index contributed by atoms with van der Waals surface area (Å²) in [6, 6.07) is 0. The van der Waals surface area contributed by atoms with E-state index >= 15 is 0 Å². The molecule has 0 bridgehead atoms. The zero-order valence-electron chi connectivity index (χ0n) is 12.7. The fraction of sp³-hybridized carbons (Fsp3) is 1.00. The highest BCUT2D eigenvalue weighted by Gasteiger charge is 2.42. The van der Waals surface area contributed by atoms with Crippen LogP contribution in [0.1, 0.15) is 14.9 Å². The van der Waals surface area contributed by atoms with Gasteiger partial charge in [-0.3, -0.25) is 0 Å². The van der Waals surface area contributed by atoms with Crippen LogP contribution in [0.5, 0.6) is 0 Å². The van der Waals surface area contributed by atoms with Crippen LogP contribution in [0.4, 0.5) is 0 Å². The largest absolute Gasteiger partial charge is 0.437 e. The molecule has 8 heteroatoms. The van der Waals surface area contributed by atoms with E-state index in [9.17, 15) is 4.80 Å². The first-order valence-electron chi connectivity index (χ1n) is 5.95. The van der Waals surface area contributed by atoms with Crippen molar-refractivity contribution in [3.05, 3.63) is 0 Å². The fourth-order valence-electron chi connectivity index (χ4n) is 1.97. The van der Waals surface area contributed by atoms with Crippen LogP contribution in [0.15, 0.2) is 0 Å². The molecule has 0 saturated carbocycles. The molecule has 19 heavy (non-hydrogen) atoms. The molecule has 0 aromatic heterocycles. The highest BCUT2D eigenvalue weighted by molar-refractivity contribution is 6.88. The quantitative estimate of drug-likeness (QED) is 0.732. The summed E-state index contributed by atoms with van der Waals surface area (Å²) in [5, 5.41) is 0. The molecule has 0 heterocycles. The summed E-state index contributed by atoms with van der Waals surface area (Å²) in [6.45, 7) is 18.0. The molecule has 0 fully saturated rings. The van der Waals surface area contributed by atoms with Gasteiger partial charge in [-0.15, -0.1) is 0 Å². The predicted molar refractivity (Wildman–Crippen MR) is 94.7 cm³/mol. The van der Waals surface area contributed by atoms with Crippen molar-refractivity contribution in [2.75, 3.05) is 0 Å². The number of hydrogen-bond acceptors (Lipinski definition) is 4. The fourth-order valence-corrected chi connectivity index (χ4v) is 18.5. The lowest BCUT2D eigenvalue weighted by atomic mass is 11.8. The zero-order chi connectivity index (χ0) is 14.1. The van der Waals surface area contributed by atoms with Gasteiger partial charge in [0.15, 0.2) is 8.32 Å². The molecule has 0 unspecified atom stereocenters. The maximum atomic E-state index is 9.84. The van der Waals surface area contributed by atoms with Gasteiger partial charge >= 0.3 is 25.7 Å². The summed E-state index contributed by atoms with van der Waals surface area (Å²) in [5.41, 5.74) is 0. The van der Waals surface area contributed by atoms with Gasteiger partial charge in [0.25, 0.3) is 0 Å². The Labute approximate surface area is 125 Å². The molecule has 0 aliphatic heterocycles. The Kier molecular flexibility index (Phi) is 9.94. The second kappa shape index (κ2) is 7.64. The third-order valence-corrected chi connectivity index (χ3v) is 13.9. The van der Waals surface area contributed by atoms with E-state index < -0.39 is 34.0 Å². The van der Waals surface area contributed by atoms with Crippen molar-refractivity contribution in [3.8, 4) is 0 Å². The van der Waals surface area contributed by atoms with E-state index in [0.717, 1.165) is 0 Å². The lowest BCUT2D eigenvalue weighted by Crippen LogP contribution is -2.55. The summed E-state index contributed by atoms with van der Waals surface area (Å²) in [6.07, 6.45) is 0. The van der Waals surface area contributed by atoms with Crippen molar-refractivity contribution in [1.29, 1.82) is 0 Å². The molecule has 0 aromatic rings. The Morgan fingerprint density at radius 1 is 0.579 bits per heavy atom. The normalized spacial score (nSPS) is 13.6. The van der Waals surface area contributed by atoms with E-state index in [2.05, 4.69) is 32.7 Å². The average Bonchev–Trinajstić information content (AvgIpc) is 1.65. The van der Waals surface area contributed by atoms with Crippen LogP contribution in [0.2, 0.25) is 58.9 Å². The molecule has 4 nitrogen and oxygen atoms in total. The maximum absolute atomic E-state index is 9.84. The SMILES string of the molecule is C.C.C[Si](C)(C)O[Si](C)(C)O[Si](C)(C)O[Si](C)(C)O. The van der Waals surface area contributed by atoms with Gasteiger partial charge in [-0.05, 0) is 58.9 Å². The third-order valence-electron chi connectivity index (χ3n) is 1.54. The standard InChI is InChI=1S/C9H28O4Si4.2CH4/c1-14(2,3)11-16(6,7)13-17(8,9)12-15(4,5)10;;/h10H,1-9H3;2*1H4. The Hall–Kier alpha value is 0.708. The first kappa shape index (κ1) is 24.7. The highest BCUT2D eigenvalue weighted by atomic mass is 28.5. The van der Waals surface area contributed by atoms with Crippen molar-refractivity contribution in [2.24, 2.45) is 0 Å². The molecular formula is C11H36O4Si4. The monoisotopic (exact) mass is 344 g/mol. The average molecular weight is 345 g/mol. The van der Waals surface area contributed by atoms with E-state index in [1.807, 2.05) is 13.1 Å². The smallest absolute Gasteiger partial charge is 0.320 e. The van der Waals surface area contributed by atoms with Crippen LogP contribution in [0.3, 0.4) is 0 Å². The van der Waals surface area contributed by atoms with Gasteiger partial charge in [0.2, 0.25) is 0 Å². The lowest BCUT2D eigenvalue weighted by Gasteiger charge is -2.38. The molecule has 0 spiro atoms. The molecule has 0 rings (SSSR count). The van der Waals surface area contributed by atoms with Crippen molar-refractivity contribution < 1.29 is 17.1 Å². The third kappa shape index (κ3) is 14.9. The zero-order valence-corrected chi connectivity index (χ0v) is 16.7. The van der Waals surface area contributed by atoms with Crippen molar-refractivity contribution in [3.63, 3.8) is 0 Å².